The average Bonchev–Trinajstić information content (AvgIpc) is 3.25. The molecule has 0 aromatic carbocycles. The number of unbranched alkanes of at least 4 members (excludes halogenated alkanes) is 54. The van der Waals surface area contributed by atoms with Crippen LogP contribution in [-0.4, -0.2) is 49.3 Å². The van der Waals surface area contributed by atoms with E-state index in [0.29, 0.717) is 6.42 Å². The minimum atomic E-state index is -4.40. The lowest BCUT2D eigenvalue weighted by Gasteiger charge is -2.19. The Morgan fingerprint density at radius 1 is 0.326 bits per heavy atom. The van der Waals surface area contributed by atoms with Gasteiger partial charge in [0.2, 0.25) is 0 Å². The average molecular weight is 1350 g/mol. The fourth-order valence-electron chi connectivity index (χ4n) is 12.5. The first-order chi connectivity index (χ1) is 46.8. The number of ether oxygens (including phenoxy) is 2. The van der Waals surface area contributed by atoms with Gasteiger partial charge >= 0.3 is 19.8 Å². The van der Waals surface area contributed by atoms with Crippen LogP contribution >= 0.6 is 7.82 Å². The Hall–Kier alpha value is -2.55. The summed E-state index contributed by atoms with van der Waals surface area (Å²) >= 11 is 0. The molecule has 0 rings (SSSR count). The second-order valence-corrected chi connectivity index (χ2v) is 29.4. The van der Waals surface area contributed by atoms with Gasteiger partial charge in [-0.05, 0) is 83.5 Å². The van der Waals surface area contributed by atoms with E-state index in [1.807, 2.05) is 0 Å². The molecule has 0 bridgehead atoms. The Bertz CT molecular complexity index is 1790. The Morgan fingerprint density at radius 3 is 0.863 bits per heavy atom. The van der Waals surface area contributed by atoms with Crippen molar-refractivity contribution in [3.63, 3.8) is 0 Å². The molecule has 556 valence electrons. The van der Waals surface area contributed by atoms with Crippen LogP contribution in [0.2, 0.25) is 0 Å². The van der Waals surface area contributed by atoms with Crippen LogP contribution in [0.4, 0.5) is 0 Å². The van der Waals surface area contributed by atoms with Gasteiger partial charge in [0.05, 0.1) is 13.2 Å². The summed E-state index contributed by atoms with van der Waals surface area (Å²) < 4.78 is 33.3. The van der Waals surface area contributed by atoms with Gasteiger partial charge in [-0.15, -0.1) is 0 Å². The molecule has 0 spiro atoms. The molecular weight excluding hydrogens is 1190 g/mol. The first-order valence-electron chi connectivity index (χ1n) is 41.4. The van der Waals surface area contributed by atoms with Gasteiger partial charge in [-0.25, -0.2) is 4.57 Å². The third kappa shape index (κ3) is 80.3. The number of carbonyl (C=O) groups is 2. The molecule has 0 amide bonds. The number of allylic oxidation sites excluding steroid dienone is 12. The lowest BCUT2D eigenvalue weighted by Crippen LogP contribution is -2.29. The van der Waals surface area contributed by atoms with E-state index in [-0.39, 0.29) is 38.6 Å². The lowest BCUT2D eigenvalue weighted by molar-refractivity contribution is -0.161. The normalized spacial score (nSPS) is 13.2. The zero-order chi connectivity index (χ0) is 68.6. The van der Waals surface area contributed by atoms with Crippen LogP contribution < -0.4 is 5.73 Å². The standard InChI is InChI=1S/C85H158NO8P/c1-3-5-7-9-11-13-15-17-19-21-23-25-27-29-31-33-35-37-38-39-40-41-42-43-44-46-47-49-51-53-55-57-59-61-63-65-67-69-71-73-75-77-84(87)91-81-83(82-93-95(89,90)92-80-79-86)94-85(88)78-76-74-72-70-68-66-64-62-60-58-56-54-52-50-48-45-36-34-32-30-28-26-24-22-20-18-16-14-12-10-8-6-4-2/h6,8,12,14-15,17-18,20-21,23-24,26,83H,3-5,7,9-11,13,16,19,22,25,27-82,86H2,1-2H3,(H,89,90)/b8-6-,14-12-,17-15-,20-18-,23-21-,26-24-. The van der Waals surface area contributed by atoms with Gasteiger partial charge in [-0.1, -0.05) is 401 Å². The van der Waals surface area contributed by atoms with E-state index in [1.54, 1.807) is 0 Å². The number of nitrogens with two attached hydrogens (primary N) is 1. The van der Waals surface area contributed by atoms with Crippen LogP contribution in [0, 0.1) is 0 Å². The summed E-state index contributed by atoms with van der Waals surface area (Å²) in [5, 5.41) is 0. The van der Waals surface area contributed by atoms with Crippen LogP contribution in [0.5, 0.6) is 0 Å². The quantitative estimate of drug-likeness (QED) is 0.0264. The van der Waals surface area contributed by atoms with Gasteiger partial charge in [-0.3, -0.25) is 18.6 Å². The summed E-state index contributed by atoms with van der Waals surface area (Å²) in [6.07, 6.45) is 108. The topological polar surface area (TPSA) is 134 Å². The molecule has 10 heteroatoms. The molecular formula is C85H158NO8P. The second kappa shape index (κ2) is 80.4. The first-order valence-corrected chi connectivity index (χ1v) is 42.9. The van der Waals surface area contributed by atoms with Gasteiger partial charge < -0.3 is 20.1 Å². The smallest absolute Gasteiger partial charge is 0.462 e. The molecule has 95 heavy (non-hydrogen) atoms. The van der Waals surface area contributed by atoms with Crippen molar-refractivity contribution in [2.75, 3.05) is 26.4 Å². The number of rotatable bonds is 79. The molecule has 0 aromatic rings. The van der Waals surface area contributed by atoms with Crippen LogP contribution in [0.25, 0.3) is 0 Å². The summed E-state index contributed by atoms with van der Waals surface area (Å²) in [6, 6.07) is 0. The molecule has 0 aliphatic heterocycles. The van der Waals surface area contributed by atoms with E-state index in [4.69, 9.17) is 24.3 Å². The predicted octanol–water partition coefficient (Wildman–Crippen LogP) is 27.9. The van der Waals surface area contributed by atoms with E-state index in [1.165, 1.54) is 327 Å². The molecule has 3 N–H and O–H groups in total. The third-order valence-corrected chi connectivity index (χ3v) is 19.6. The molecule has 0 aliphatic carbocycles. The number of carbonyl (C=O) groups excluding carboxylic acids is 2. The van der Waals surface area contributed by atoms with Gasteiger partial charge in [0, 0.05) is 19.4 Å². The van der Waals surface area contributed by atoms with E-state index in [2.05, 4.69) is 86.8 Å². The highest BCUT2D eigenvalue weighted by atomic mass is 31.2. The summed E-state index contributed by atoms with van der Waals surface area (Å²) in [4.78, 5) is 35.5. The van der Waals surface area contributed by atoms with Gasteiger partial charge in [0.15, 0.2) is 6.10 Å². The Kier molecular flexibility index (Phi) is 78.3. The summed E-state index contributed by atoms with van der Waals surface area (Å²) in [7, 11) is -4.40. The van der Waals surface area contributed by atoms with Crippen LogP contribution in [0.15, 0.2) is 72.9 Å². The molecule has 0 saturated heterocycles. The number of hydrogen-bond donors (Lipinski definition) is 2. The van der Waals surface area contributed by atoms with E-state index in [0.717, 1.165) is 64.2 Å². The SMILES string of the molecule is CC/C=C\C/C=C\C/C=C\C/C=C\CCCCCCCCCCCCCCCCCCCCCCC(=O)OC(COC(=O)CCCCCCCCCCCCCCCCCCCCCCCCCCCCCCC/C=C\C/C=C\CCCCCCC)COP(=O)(O)OCCN. The summed E-state index contributed by atoms with van der Waals surface area (Å²) in [5.74, 6) is -0.804. The van der Waals surface area contributed by atoms with Crippen molar-refractivity contribution in [3.8, 4) is 0 Å². The van der Waals surface area contributed by atoms with Crippen molar-refractivity contribution in [2.24, 2.45) is 5.73 Å². The highest BCUT2D eigenvalue weighted by Crippen LogP contribution is 2.43. The van der Waals surface area contributed by atoms with Crippen molar-refractivity contribution < 1.29 is 37.6 Å². The molecule has 0 radical (unpaired) electrons. The first kappa shape index (κ1) is 92.4. The van der Waals surface area contributed by atoms with Crippen LogP contribution in [-0.2, 0) is 32.7 Å². The minimum absolute atomic E-state index is 0.0550. The van der Waals surface area contributed by atoms with Crippen molar-refractivity contribution in [2.45, 2.75) is 431 Å². The van der Waals surface area contributed by atoms with Crippen LogP contribution in [0.1, 0.15) is 425 Å². The number of esters is 2. The van der Waals surface area contributed by atoms with Crippen molar-refractivity contribution in [3.05, 3.63) is 72.9 Å². The third-order valence-electron chi connectivity index (χ3n) is 18.6. The Labute approximate surface area is 590 Å². The molecule has 2 unspecified atom stereocenters. The van der Waals surface area contributed by atoms with Crippen molar-refractivity contribution >= 4 is 19.8 Å². The van der Waals surface area contributed by atoms with Crippen LogP contribution in [0.3, 0.4) is 0 Å². The monoisotopic (exact) mass is 1350 g/mol. The Balaban J connectivity index is 3.73. The predicted molar refractivity (Wildman–Crippen MR) is 413 cm³/mol. The molecule has 0 saturated carbocycles. The maximum Gasteiger partial charge on any atom is 0.472 e. The van der Waals surface area contributed by atoms with Crippen molar-refractivity contribution in [1.82, 2.24) is 0 Å². The minimum Gasteiger partial charge on any atom is -0.462 e. The second-order valence-electron chi connectivity index (χ2n) is 28.0. The van der Waals surface area contributed by atoms with E-state index in [9.17, 15) is 19.0 Å². The lowest BCUT2D eigenvalue weighted by atomic mass is 10.0. The fourth-order valence-corrected chi connectivity index (χ4v) is 13.3. The summed E-state index contributed by atoms with van der Waals surface area (Å²) in [5.41, 5.74) is 5.42. The maximum atomic E-state index is 12.8. The molecule has 2 atom stereocenters. The van der Waals surface area contributed by atoms with Gasteiger partial charge in [0.25, 0.3) is 0 Å². The highest BCUT2D eigenvalue weighted by Gasteiger charge is 2.26. The number of phosphoric ester groups is 1. The maximum absolute atomic E-state index is 12.8. The fraction of sp³-hybridized carbons (Fsp3) is 0.835. The molecule has 0 aromatic heterocycles. The number of phosphoric acid groups is 1. The molecule has 9 nitrogen and oxygen atoms in total. The van der Waals surface area contributed by atoms with Crippen molar-refractivity contribution in [1.29, 1.82) is 0 Å². The zero-order valence-corrected chi connectivity index (χ0v) is 63.8. The summed E-state index contributed by atoms with van der Waals surface area (Å²) in [6.45, 7) is 3.69. The van der Waals surface area contributed by atoms with E-state index < -0.39 is 26.5 Å². The van der Waals surface area contributed by atoms with Gasteiger partial charge in [-0.2, -0.15) is 0 Å². The largest absolute Gasteiger partial charge is 0.472 e. The number of hydrogen-bond acceptors (Lipinski definition) is 8. The molecule has 0 fully saturated rings. The molecule has 0 aliphatic rings. The highest BCUT2D eigenvalue weighted by molar-refractivity contribution is 7.47. The van der Waals surface area contributed by atoms with E-state index >= 15 is 0 Å². The Morgan fingerprint density at radius 2 is 0.579 bits per heavy atom. The zero-order valence-electron chi connectivity index (χ0n) is 62.9. The van der Waals surface area contributed by atoms with Gasteiger partial charge in [0.1, 0.15) is 6.61 Å². The molecule has 0 heterocycles.